The minimum atomic E-state index is -0.480. The van der Waals surface area contributed by atoms with Crippen LogP contribution in [0.5, 0.6) is 0 Å². The maximum absolute atomic E-state index is 11.7. The van der Waals surface area contributed by atoms with E-state index in [2.05, 4.69) is 10.6 Å². The second-order valence-electron chi connectivity index (χ2n) is 5.12. The molecule has 0 atom stereocenters. The molecule has 5 nitrogen and oxygen atoms in total. The standard InChI is InChI=1S/C15H22N2O3/c1-4-15(2,3)13(18)20-11-10-16-14(19)17-12-8-6-5-7-9-12/h5-9H,4,10-11H2,1-3H3,(H2,16,17,19). The van der Waals surface area contributed by atoms with Crippen LogP contribution in [-0.4, -0.2) is 25.2 Å². The molecule has 0 aliphatic heterocycles. The van der Waals surface area contributed by atoms with Crippen molar-refractivity contribution in [2.75, 3.05) is 18.5 Å². The van der Waals surface area contributed by atoms with Crippen molar-refractivity contribution in [3.63, 3.8) is 0 Å². The van der Waals surface area contributed by atoms with Crippen molar-refractivity contribution < 1.29 is 14.3 Å². The van der Waals surface area contributed by atoms with Crippen molar-refractivity contribution in [3.05, 3.63) is 30.3 Å². The van der Waals surface area contributed by atoms with Crippen LogP contribution in [0.1, 0.15) is 27.2 Å². The lowest BCUT2D eigenvalue weighted by atomic mass is 9.91. The number of hydrogen-bond donors (Lipinski definition) is 2. The van der Waals surface area contributed by atoms with E-state index in [1.54, 1.807) is 12.1 Å². The molecule has 0 unspecified atom stereocenters. The Labute approximate surface area is 119 Å². The van der Waals surface area contributed by atoms with Gasteiger partial charge < -0.3 is 15.4 Å². The number of urea groups is 1. The van der Waals surface area contributed by atoms with Gasteiger partial charge in [0.1, 0.15) is 6.61 Å². The monoisotopic (exact) mass is 278 g/mol. The average Bonchev–Trinajstić information content (AvgIpc) is 2.44. The molecule has 1 rings (SSSR count). The normalized spacial score (nSPS) is 10.8. The molecule has 0 spiro atoms. The van der Waals surface area contributed by atoms with Crippen LogP contribution in [-0.2, 0) is 9.53 Å². The highest BCUT2D eigenvalue weighted by Gasteiger charge is 2.26. The third kappa shape index (κ3) is 5.30. The van der Waals surface area contributed by atoms with Crippen LogP contribution in [0, 0.1) is 5.41 Å². The summed E-state index contributed by atoms with van der Waals surface area (Å²) < 4.78 is 5.12. The van der Waals surface area contributed by atoms with E-state index in [1.807, 2.05) is 39.0 Å². The van der Waals surface area contributed by atoms with Crippen LogP contribution >= 0.6 is 0 Å². The maximum Gasteiger partial charge on any atom is 0.319 e. The van der Waals surface area contributed by atoms with E-state index < -0.39 is 5.41 Å². The molecule has 0 aromatic heterocycles. The molecule has 0 aliphatic carbocycles. The smallest absolute Gasteiger partial charge is 0.319 e. The predicted octanol–water partition coefficient (Wildman–Crippen LogP) is 2.79. The van der Waals surface area contributed by atoms with E-state index in [0.717, 1.165) is 0 Å². The van der Waals surface area contributed by atoms with Crippen molar-refractivity contribution in [1.29, 1.82) is 0 Å². The number of ether oxygens (including phenoxy) is 1. The first-order valence-electron chi connectivity index (χ1n) is 6.73. The van der Waals surface area contributed by atoms with Gasteiger partial charge in [-0.1, -0.05) is 25.1 Å². The summed E-state index contributed by atoms with van der Waals surface area (Å²) in [6.45, 7) is 6.07. The first-order chi connectivity index (χ1) is 9.45. The Kier molecular flexibility index (Phi) is 6.03. The van der Waals surface area contributed by atoms with E-state index >= 15 is 0 Å². The zero-order chi connectivity index (χ0) is 15.0. The van der Waals surface area contributed by atoms with Crippen molar-refractivity contribution in [1.82, 2.24) is 5.32 Å². The molecular formula is C15H22N2O3. The Morgan fingerprint density at radius 1 is 1.20 bits per heavy atom. The third-order valence-corrected chi connectivity index (χ3v) is 3.09. The van der Waals surface area contributed by atoms with Crippen molar-refractivity contribution >= 4 is 17.7 Å². The topological polar surface area (TPSA) is 67.4 Å². The molecule has 0 aliphatic rings. The summed E-state index contributed by atoms with van der Waals surface area (Å²) in [6.07, 6.45) is 0.716. The lowest BCUT2D eigenvalue weighted by Crippen LogP contribution is -2.33. The van der Waals surface area contributed by atoms with Gasteiger partial charge in [-0.2, -0.15) is 0 Å². The van der Waals surface area contributed by atoms with Gasteiger partial charge in [0, 0.05) is 5.69 Å². The average molecular weight is 278 g/mol. The summed E-state index contributed by atoms with van der Waals surface area (Å²) in [4.78, 5) is 23.2. The van der Waals surface area contributed by atoms with Gasteiger partial charge in [-0.3, -0.25) is 4.79 Å². The Hall–Kier alpha value is -2.04. The summed E-state index contributed by atoms with van der Waals surface area (Å²) in [5.74, 6) is -0.245. The molecule has 0 fully saturated rings. The summed E-state index contributed by atoms with van der Waals surface area (Å²) in [5, 5.41) is 5.31. The molecule has 2 N–H and O–H groups in total. The van der Waals surface area contributed by atoms with Gasteiger partial charge in [-0.15, -0.1) is 0 Å². The summed E-state index contributed by atoms with van der Waals surface area (Å²) in [7, 11) is 0. The van der Waals surface area contributed by atoms with Gasteiger partial charge in [0.15, 0.2) is 0 Å². The molecule has 0 saturated carbocycles. The quantitative estimate of drug-likeness (QED) is 0.621. The molecular weight excluding hydrogens is 256 g/mol. The Morgan fingerprint density at radius 2 is 1.85 bits per heavy atom. The van der Waals surface area contributed by atoms with Gasteiger partial charge >= 0.3 is 12.0 Å². The number of amides is 2. The van der Waals surface area contributed by atoms with Crippen molar-refractivity contribution in [3.8, 4) is 0 Å². The number of carbonyl (C=O) groups excluding carboxylic acids is 2. The highest BCUT2D eigenvalue weighted by Crippen LogP contribution is 2.21. The molecule has 0 saturated heterocycles. The number of anilines is 1. The molecule has 110 valence electrons. The molecule has 0 heterocycles. The van der Waals surface area contributed by atoms with Crippen LogP contribution in [0.25, 0.3) is 0 Å². The van der Waals surface area contributed by atoms with E-state index in [4.69, 9.17) is 4.74 Å². The number of carbonyl (C=O) groups is 2. The molecule has 1 aromatic carbocycles. The number of para-hydroxylation sites is 1. The van der Waals surface area contributed by atoms with Gasteiger partial charge in [-0.05, 0) is 32.4 Å². The minimum absolute atomic E-state index is 0.171. The van der Waals surface area contributed by atoms with Gasteiger partial charge in [0.05, 0.1) is 12.0 Å². The highest BCUT2D eigenvalue weighted by molar-refractivity contribution is 5.89. The summed E-state index contributed by atoms with van der Waals surface area (Å²) in [6, 6.07) is 8.82. The molecule has 0 radical (unpaired) electrons. The van der Waals surface area contributed by atoms with E-state index in [9.17, 15) is 9.59 Å². The highest BCUT2D eigenvalue weighted by atomic mass is 16.5. The van der Waals surface area contributed by atoms with E-state index in [1.165, 1.54) is 0 Å². The van der Waals surface area contributed by atoms with Crippen molar-refractivity contribution in [2.45, 2.75) is 27.2 Å². The fourth-order valence-corrected chi connectivity index (χ4v) is 1.34. The first kappa shape index (κ1) is 16.0. The number of benzene rings is 1. The largest absolute Gasteiger partial charge is 0.463 e. The summed E-state index contributed by atoms with van der Waals surface area (Å²) >= 11 is 0. The molecule has 1 aromatic rings. The van der Waals surface area contributed by atoms with Gasteiger partial charge in [0.2, 0.25) is 0 Å². The second kappa shape index (κ2) is 7.53. The number of rotatable bonds is 6. The Bertz CT molecular complexity index is 444. The molecule has 5 heteroatoms. The summed E-state index contributed by atoms with van der Waals surface area (Å²) in [5.41, 5.74) is 0.237. The molecule has 2 amide bonds. The van der Waals surface area contributed by atoms with Crippen LogP contribution in [0.4, 0.5) is 10.5 Å². The molecule has 0 bridgehead atoms. The maximum atomic E-state index is 11.7. The third-order valence-electron chi connectivity index (χ3n) is 3.09. The minimum Gasteiger partial charge on any atom is -0.463 e. The fraction of sp³-hybridized carbons (Fsp3) is 0.467. The lowest BCUT2D eigenvalue weighted by molar-refractivity contribution is -0.153. The second-order valence-corrected chi connectivity index (χ2v) is 5.12. The first-order valence-corrected chi connectivity index (χ1v) is 6.73. The van der Waals surface area contributed by atoms with Crippen molar-refractivity contribution in [2.24, 2.45) is 5.41 Å². The molecule has 20 heavy (non-hydrogen) atoms. The van der Waals surface area contributed by atoms with Crippen LogP contribution in [0.2, 0.25) is 0 Å². The SMILES string of the molecule is CCC(C)(C)C(=O)OCCNC(=O)Nc1ccccc1. The number of nitrogens with one attached hydrogen (secondary N) is 2. The zero-order valence-corrected chi connectivity index (χ0v) is 12.2. The fourth-order valence-electron chi connectivity index (χ4n) is 1.34. The van der Waals surface area contributed by atoms with E-state index in [-0.39, 0.29) is 25.2 Å². The van der Waals surface area contributed by atoms with E-state index in [0.29, 0.717) is 12.1 Å². The van der Waals surface area contributed by atoms with Crippen LogP contribution in [0.15, 0.2) is 30.3 Å². The van der Waals surface area contributed by atoms with Crippen LogP contribution in [0.3, 0.4) is 0 Å². The zero-order valence-electron chi connectivity index (χ0n) is 12.2. The Balaban J connectivity index is 2.21. The predicted molar refractivity (Wildman–Crippen MR) is 78.5 cm³/mol. The van der Waals surface area contributed by atoms with Crippen LogP contribution < -0.4 is 10.6 Å². The lowest BCUT2D eigenvalue weighted by Gasteiger charge is -2.20. The van der Waals surface area contributed by atoms with Gasteiger partial charge in [0.25, 0.3) is 0 Å². The number of hydrogen-bond acceptors (Lipinski definition) is 3. The Morgan fingerprint density at radius 3 is 2.45 bits per heavy atom. The van der Waals surface area contributed by atoms with Gasteiger partial charge in [-0.25, -0.2) is 4.79 Å². The number of esters is 1.